The first kappa shape index (κ1) is 16.5. The van der Waals surface area contributed by atoms with Gasteiger partial charge < -0.3 is 4.90 Å². The molecule has 0 radical (unpaired) electrons. The van der Waals surface area contributed by atoms with Crippen LogP contribution in [0, 0.1) is 5.82 Å². The Balaban J connectivity index is 1.65. The van der Waals surface area contributed by atoms with Crippen LogP contribution in [0.25, 0.3) is 0 Å². The van der Waals surface area contributed by atoms with Gasteiger partial charge in [-0.3, -0.25) is 4.79 Å². The summed E-state index contributed by atoms with van der Waals surface area (Å²) in [5, 5.41) is 4.22. The normalized spacial score (nSPS) is 14.3. The van der Waals surface area contributed by atoms with Gasteiger partial charge in [-0.1, -0.05) is 29.8 Å². The predicted molar refractivity (Wildman–Crippen MR) is 94.4 cm³/mol. The summed E-state index contributed by atoms with van der Waals surface area (Å²) < 4.78 is 14.2. The predicted octanol–water partition coefficient (Wildman–Crippen LogP) is 3.84. The van der Waals surface area contributed by atoms with E-state index in [0.717, 1.165) is 25.9 Å². The van der Waals surface area contributed by atoms with E-state index in [1.54, 1.807) is 36.4 Å². The number of nitrogens with zero attached hydrogens (tertiary/aromatic N) is 2. The Morgan fingerprint density at radius 3 is 2.67 bits per heavy atom. The molecule has 2 aromatic carbocycles. The zero-order valence-electron chi connectivity index (χ0n) is 13.0. The van der Waals surface area contributed by atoms with Gasteiger partial charge in [0.1, 0.15) is 5.82 Å². The summed E-state index contributed by atoms with van der Waals surface area (Å²) in [6, 6.07) is 11.6. The molecular weight excluding hydrogens is 329 g/mol. The van der Waals surface area contributed by atoms with Crippen molar-refractivity contribution in [2.45, 2.75) is 12.8 Å². The molecule has 0 bridgehead atoms. The van der Waals surface area contributed by atoms with Crippen molar-refractivity contribution >= 4 is 29.4 Å². The molecule has 124 valence electrons. The van der Waals surface area contributed by atoms with Gasteiger partial charge in [-0.05, 0) is 42.7 Å². The minimum atomic E-state index is -0.411. The fourth-order valence-electron chi connectivity index (χ4n) is 2.69. The van der Waals surface area contributed by atoms with Crippen molar-refractivity contribution in [3.05, 3.63) is 64.4 Å². The summed E-state index contributed by atoms with van der Waals surface area (Å²) in [6.07, 6.45) is 3.60. The molecule has 4 nitrogen and oxygen atoms in total. The average molecular weight is 346 g/mol. The topological polar surface area (TPSA) is 44.7 Å². The summed E-state index contributed by atoms with van der Waals surface area (Å²) in [4.78, 5) is 14.0. The summed E-state index contributed by atoms with van der Waals surface area (Å²) in [7, 11) is 0. The lowest BCUT2D eigenvalue weighted by Gasteiger charge is -2.18. The van der Waals surface area contributed by atoms with Crippen LogP contribution in [0.2, 0.25) is 5.02 Å². The average Bonchev–Trinajstić information content (AvgIpc) is 3.09. The van der Waals surface area contributed by atoms with Gasteiger partial charge in [0.05, 0.1) is 22.5 Å². The lowest BCUT2D eigenvalue weighted by Crippen LogP contribution is -2.19. The van der Waals surface area contributed by atoms with Crippen molar-refractivity contribution in [3.63, 3.8) is 0 Å². The monoisotopic (exact) mass is 345 g/mol. The molecule has 0 saturated carbocycles. The molecule has 1 heterocycles. The smallest absolute Gasteiger partial charge is 0.272 e. The Morgan fingerprint density at radius 1 is 1.21 bits per heavy atom. The van der Waals surface area contributed by atoms with Crippen LogP contribution in [-0.2, 0) is 0 Å². The van der Waals surface area contributed by atoms with E-state index in [9.17, 15) is 9.18 Å². The largest absolute Gasteiger partial charge is 0.369 e. The van der Waals surface area contributed by atoms with E-state index >= 15 is 0 Å². The maximum Gasteiger partial charge on any atom is 0.272 e. The first-order chi connectivity index (χ1) is 11.6. The maximum absolute atomic E-state index is 14.2. The fraction of sp³-hybridized carbons (Fsp3) is 0.222. The molecule has 6 heteroatoms. The van der Waals surface area contributed by atoms with Gasteiger partial charge in [-0.15, -0.1) is 0 Å². The fourth-order valence-corrected chi connectivity index (χ4v) is 2.91. The van der Waals surface area contributed by atoms with Crippen LogP contribution in [0.5, 0.6) is 0 Å². The molecule has 1 saturated heterocycles. The standard InChI is InChI=1S/C18H17ClFN3O/c19-15-6-2-1-5-14(15)18(24)22-21-12-13-7-8-17(16(20)11-13)23-9-3-4-10-23/h1-2,5-8,11-12H,3-4,9-10H2,(H,22,24)/b21-12-. The van der Waals surface area contributed by atoms with E-state index < -0.39 is 5.91 Å². The second kappa shape index (κ2) is 7.45. The number of halogens is 2. The van der Waals surface area contributed by atoms with E-state index in [0.29, 0.717) is 21.8 Å². The zero-order chi connectivity index (χ0) is 16.9. The third-order valence-electron chi connectivity index (χ3n) is 3.92. The number of nitrogens with one attached hydrogen (secondary N) is 1. The molecule has 2 aromatic rings. The molecule has 0 atom stereocenters. The van der Waals surface area contributed by atoms with E-state index in [4.69, 9.17) is 11.6 Å². The molecule has 0 spiro atoms. The number of carbonyl (C=O) groups excluding carboxylic acids is 1. The van der Waals surface area contributed by atoms with Crippen LogP contribution < -0.4 is 10.3 Å². The second-order valence-electron chi connectivity index (χ2n) is 5.58. The Bertz CT molecular complexity index is 773. The minimum absolute atomic E-state index is 0.279. The van der Waals surface area contributed by atoms with Crippen molar-refractivity contribution in [3.8, 4) is 0 Å². The number of carbonyl (C=O) groups is 1. The van der Waals surface area contributed by atoms with E-state index in [1.165, 1.54) is 12.3 Å². The summed E-state index contributed by atoms with van der Waals surface area (Å²) in [5.41, 5.74) is 3.92. The Kier molecular flexibility index (Phi) is 5.11. The summed E-state index contributed by atoms with van der Waals surface area (Å²) in [6.45, 7) is 1.77. The number of rotatable bonds is 4. The third kappa shape index (κ3) is 3.74. The number of hydrogen-bond acceptors (Lipinski definition) is 3. The molecule has 1 aliphatic heterocycles. The molecule has 1 fully saturated rings. The highest BCUT2D eigenvalue weighted by molar-refractivity contribution is 6.33. The van der Waals surface area contributed by atoms with E-state index in [-0.39, 0.29) is 5.82 Å². The van der Waals surface area contributed by atoms with Crippen LogP contribution in [-0.4, -0.2) is 25.2 Å². The molecule has 0 aromatic heterocycles. The number of anilines is 1. The first-order valence-corrected chi connectivity index (χ1v) is 8.15. The van der Waals surface area contributed by atoms with Gasteiger partial charge in [0.2, 0.25) is 0 Å². The molecule has 3 rings (SSSR count). The third-order valence-corrected chi connectivity index (χ3v) is 4.25. The first-order valence-electron chi connectivity index (χ1n) is 7.77. The maximum atomic E-state index is 14.2. The molecule has 0 aliphatic carbocycles. The summed E-state index contributed by atoms with van der Waals surface area (Å²) in [5.74, 6) is -0.690. The highest BCUT2D eigenvalue weighted by Crippen LogP contribution is 2.24. The van der Waals surface area contributed by atoms with Crippen LogP contribution in [0.15, 0.2) is 47.6 Å². The number of hydrogen-bond donors (Lipinski definition) is 1. The Labute approximate surface area is 144 Å². The van der Waals surface area contributed by atoms with Crippen LogP contribution >= 0.6 is 11.6 Å². The van der Waals surface area contributed by atoms with Gasteiger partial charge in [0.25, 0.3) is 5.91 Å². The molecular formula is C18H17ClFN3O. The quantitative estimate of drug-likeness (QED) is 0.676. The lowest BCUT2D eigenvalue weighted by atomic mass is 10.2. The number of hydrazone groups is 1. The second-order valence-corrected chi connectivity index (χ2v) is 5.99. The molecule has 24 heavy (non-hydrogen) atoms. The van der Waals surface area contributed by atoms with Crippen LogP contribution in [0.4, 0.5) is 10.1 Å². The molecule has 0 unspecified atom stereocenters. The van der Waals surface area contributed by atoms with Crippen LogP contribution in [0.1, 0.15) is 28.8 Å². The number of amides is 1. The molecule has 1 aliphatic rings. The van der Waals surface area contributed by atoms with Gasteiger partial charge >= 0.3 is 0 Å². The summed E-state index contributed by atoms with van der Waals surface area (Å²) >= 11 is 5.95. The Morgan fingerprint density at radius 2 is 1.96 bits per heavy atom. The Hall–Kier alpha value is -2.40. The van der Waals surface area contributed by atoms with Gasteiger partial charge in [0, 0.05) is 13.1 Å². The molecule has 1 amide bonds. The highest BCUT2D eigenvalue weighted by Gasteiger charge is 2.15. The van der Waals surface area contributed by atoms with Gasteiger partial charge in [-0.2, -0.15) is 5.10 Å². The van der Waals surface area contributed by atoms with Gasteiger partial charge in [-0.25, -0.2) is 9.82 Å². The zero-order valence-corrected chi connectivity index (χ0v) is 13.8. The van der Waals surface area contributed by atoms with Gasteiger partial charge in [0.15, 0.2) is 0 Å². The van der Waals surface area contributed by atoms with E-state index in [2.05, 4.69) is 10.5 Å². The lowest BCUT2D eigenvalue weighted by molar-refractivity contribution is 0.0955. The molecule has 1 N–H and O–H groups in total. The SMILES string of the molecule is O=C(N/N=C\c1ccc(N2CCCC2)c(F)c1)c1ccccc1Cl. The van der Waals surface area contributed by atoms with E-state index in [1.807, 2.05) is 4.90 Å². The van der Waals surface area contributed by atoms with Crippen molar-refractivity contribution in [1.82, 2.24) is 5.43 Å². The number of benzene rings is 2. The van der Waals surface area contributed by atoms with Crippen LogP contribution in [0.3, 0.4) is 0 Å². The highest BCUT2D eigenvalue weighted by atomic mass is 35.5. The van der Waals surface area contributed by atoms with Crippen molar-refractivity contribution in [2.75, 3.05) is 18.0 Å². The van der Waals surface area contributed by atoms with Crippen molar-refractivity contribution in [2.24, 2.45) is 5.10 Å². The minimum Gasteiger partial charge on any atom is -0.369 e. The van der Waals surface area contributed by atoms with Crippen molar-refractivity contribution < 1.29 is 9.18 Å². The van der Waals surface area contributed by atoms with Crippen molar-refractivity contribution in [1.29, 1.82) is 0 Å².